The molecule has 6 N–H and O–H groups in total. The molecule has 0 bridgehead atoms. The Hall–Kier alpha value is -3.90. The summed E-state index contributed by atoms with van der Waals surface area (Å²) in [5, 5.41) is 55.3. The van der Waals surface area contributed by atoms with Gasteiger partial charge >= 0.3 is 0 Å². The van der Waals surface area contributed by atoms with Crippen LogP contribution >= 0.6 is 0 Å². The molecule has 9 nitrogen and oxygen atoms in total. The molecule has 3 aromatic rings. The van der Waals surface area contributed by atoms with Gasteiger partial charge in [0.15, 0.2) is 0 Å². The zero-order valence-corrected chi connectivity index (χ0v) is 28.8. The highest BCUT2D eigenvalue weighted by Crippen LogP contribution is 2.17. The molecule has 9 heteroatoms. The van der Waals surface area contributed by atoms with E-state index in [4.69, 9.17) is 29.5 Å². The van der Waals surface area contributed by atoms with E-state index in [9.17, 15) is 15.3 Å². The van der Waals surface area contributed by atoms with E-state index < -0.39 is 18.3 Å². The van der Waals surface area contributed by atoms with Crippen molar-refractivity contribution < 1.29 is 44.8 Å². The van der Waals surface area contributed by atoms with Crippen LogP contribution in [0.4, 0.5) is 0 Å². The second-order valence-corrected chi connectivity index (χ2v) is 12.2. The second-order valence-electron chi connectivity index (χ2n) is 12.2. The number of aliphatic hydroxyl groups excluding tert-OH is 6. The van der Waals surface area contributed by atoms with Crippen molar-refractivity contribution >= 4 is 0 Å². The van der Waals surface area contributed by atoms with Crippen molar-refractivity contribution in [2.24, 2.45) is 0 Å². The highest BCUT2D eigenvalue weighted by atomic mass is 16.5. The van der Waals surface area contributed by atoms with Crippen LogP contribution in [0.25, 0.3) is 0 Å². The third-order valence-electron chi connectivity index (χ3n) is 7.87. The van der Waals surface area contributed by atoms with Gasteiger partial charge in [0.2, 0.25) is 0 Å². The van der Waals surface area contributed by atoms with Crippen LogP contribution in [-0.2, 0) is 11.3 Å². The maximum Gasteiger partial charge on any atom is 0.119 e. The van der Waals surface area contributed by atoms with Crippen LogP contribution in [0.1, 0.15) is 85.6 Å². The van der Waals surface area contributed by atoms with Crippen LogP contribution in [0.3, 0.4) is 0 Å². The molecule has 3 atom stereocenters. The van der Waals surface area contributed by atoms with Gasteiger partial charge in [0.1, 0.15) is 11.5 Å². The molecular formula is C41H52O9. The Balaban J connectivity index is 1.61. The lowest BCUT2D eigenvalue weighted by Gasteiger charge is -2.09. The van der Waals surface area contributed by atoms with Gasteiger partial charge in [-0.2, -0.15) is 0 Å². The van der Waals surface area contributed by atoms with Crippen molar-refractivity contribution in [2.75, 3.05) is 39.6 Å². The summed E-state index contributed by atoms with van der Waals surface area (Å²) in [4.78, 5) is 0. The van der Waals surface area contributed by atoms with E-state index in [0.717, 1.165) is 77.8 Å². The van der Waals surface area contributed by atoms with E-state index in [1.165, 1.54) is 0 Å². The Morgan fingerprint density at radius 1 is 0.480 bits per heavy atom. The minimum atomic E-state index is -0.697. The lowest BCUT2D eigenvalue weighted by Crippen LogP contribution is -2.11. The molecular weight excluding hydrogens is 636 g/mol. The van der Waals surface area contributed by atoms with Gasteiger partial charge in [-0.1, -0.05) is 23.7 Å². The van der Waals surface area contributed by atoms with Gasteiger partial charge in [-0.05, 0) is 130 Å². The van der Waals surface area contributed by atoms with Gasteiger partial charge in [0, 0.05) is 28.9 Å². The fourth-order valence-electron chi connectivity index (χ4n) is 4.85. The summed E-state index contributed by atoms with van der Waals surface area (Å²) in [6, 6.07) is 21.1. The Labute approximate surface area is 296 Å². The van der Waals surface area contributed by atoms with Gasteiger partial charge in [-0.3, -0.25) is 0 Å². The molecule has 270 valence electrons. The number of rotatable bonds is 22. The third kappa shape index (κ3) is 16.7. The van der Waals surface area contributed by atoms with Gasteiger partial charge < -0.3 is 44.8 Å². The van der Waals surface area contributed by atoms with E-state index in [0.29, 0.717) is 45.7 Å². The molecule has 0 saturated heterocycles. The summed E-state index contributed by atoms with van der Waals surface area (Å²) in [5.41, 5.74) is 4.28. The van der Waals surface area contributed by atoms with E-state index in [1.807, 2.05) is 66.7 Å². The largest absolute Gasteiger partial charge is 0.494 e. The number of benzene rings is 3. The first-order chi connectivity index (χ1) is 24.4. The van der Waals surface area contributed by atoms with Gasteiger partial charge in [-0.15, -0.1) is 0 Å². The summed E-state index contributed by atoms with van der Waals surface area (Å²) in [6.07, 6.45) is 4.26. The lowest BCUT2D eigenvalue weighted by atomic mass is 10.0. The number of hydrogen-bond acceptors (Lipinski definition) is 9. The average Bonchev–Trinajstić information content (AvgIpc) is 3.15. The third-order valence-corrected chi connectivity index (χ3v) is 7.87. The number of ether oxygens (including phenoxy) is 3. The zero-order chi connectivity index (χ0) is 35.8. The topological polar surface area (TPSA) is 149 Å². The predicted molar refractivity (Wildman–Crippen MR) is 193 cm³/mol. The van der Waals surface area contributed by atoms with Crippen molar-refractivity contribution in [1.82, 2.24) is 0 Å². The minimum Gasteiger partial charge on any atom is -0.494 e. The summed E-state index contributed by atoms with van der Waals surface area (Å²) in [6.45, 7) is 1.27. The number of unbranched alkanes of at least 4 members (excludes halogenated alkanes) is 3. The minimum absolute atomic E-state index is 0.217. The quantitative estimate of drug-likeness (QED) is 0.0670. The Morgan fingerprint density at radius 2 is 0.900 bits per heavy atom. The maximum absolute atomic E-state index is 9.57. The first-order valence-corrected chi connectivity index (χ1v) is 17.5. The van der Waals surface area contributed by atoms with Gasteiger partial charge in [0.05, 0.1) is 58.0 Å². The van der Waals surface area contributed by atoms with E-state index in [1.54, 1.807) is 0 Å². The first-order valence-electron chi connectivity index (χ1n) is 17.5. The van der Waals surface area contributed by atoms with Crippen LogP contribution in [0.5, 0.6) is 11.5 Å². The molecule has 0 aliphatic heterocycles. The van der Waals surface area contributed by atoms with E-state index >= 15 is 0 Å². The van der Waals surface area contributed by atoms with Crippen LogP contribution in [0.2, 0.25) is 0 Å². The summed E-state index contributed by atoms with van der Waals surface area (Å²) < 4.78 is 17.5. The first kappa shape index (κ1) is 40.5. The fourth-order valence-corrected chi connectivity index (χ4v) is 4.85. The van der Waals surface area contributed by atoms with Crippen LogP contribution in [-0.4, -0.2) is 88.6 Å². The normalized spacial score (nSPS) is 12.6. The summed E-state index contributed by atoms with van der Waals surface area (Å²) in [7, 11) is 0. The van der Waals surface area contributed by atoms with Crippen molar-refractivity contribution in [3.63, 3.8) is 0 Å². The molecule has 3 unspecified atom stereocenters. The zero-order valence-electron chi connectivity index (χ0n) is 28.8. The Morgan fingerprint density at radius 3 is 1.38 bits per heavy atom. The molecule has 0 aliphatic rings. The standard InChI is InChI=1S/C41H52O9/c42-28-37(45)7-1-4-24-48-31-36-27-34(11-10-32-14-20-40(21-15-32)49-25-5-2-8-38(46)29-43)13-19-35(36)18-12-33-16-22-41(23-17-33)50-26-6-3-9-39(47)30-44/h13-17,19-23,27,37-39,42-47H,1-9,24-26,28-31H2. The SMILES string of the molecule is OCC(O)CCCCOCc1cc(C#Cc2ccc(OCCCCC(O)CO)cc2)ccc1C#Cc1ccc(OCCCCC(O)CO)cc1. The highest BCUT2D eigenvalue weighted by molar-refractivity contribution is 5.52. The van der Waals surface area contributed by atoms with Crippen molar-refractivity contribution in [3.05, 3.63) is 94.5 Å². The molecule has 0 aromatic heterocycles. The van der Waals surface area contributed by atoms with Gasteiger partial charge in [-0.25, -0.2) is 0 Å². The molecule has 0 spiro atoms. The molecule has 50 heavy (non-hydrogen) atoms. The molecule has 3 aromatic carbocycles. The highest BCUT2D eigenvalue weighted by Gasteiger charge is 2.06. The average molecular weight is 689 g/mol. The second kappa shape index (κ2) is 24.3. The van der Waals surface area contributed by atoms with Crippen molar-refractivity contribution in [2.45, 2.75) is 82.7 Å². The Kier molecular flexibility index (Phi) is 19.7. The number of hydrogen-bond donors (Lipinski definition) is 6. The molecule has 0 fully saturated rings. The molecule has 0 heterocycles. The van der Waals surface area contributed by atoms with E-state index in [2.05, 4.69) is 23.7 Å². The summed E-state index contributed by atoms with van der Waals surface area (Å²) >= 11 is 0. The number of aliphatic hydroxyl groups is 6. The van der Waals surface area contributed by atoms with E-state index in [-0.39, 0.29) is 19.8 Å². The fraction of sp³-hybridized carbons (Fsp3) is 0.463. The molecule has 0 radical (unpaired) electrons. The van der Waals surface area contributed by atoms with Crippen LogP contribution in [0.15, 0.2) is 66.7 Å². The summed E-state index contributed by atoms with van der Waals surface area (Å²) in [5.74, 6) is 14.5. The lowest BCUT2D eigenvalue weighted by molar-refractivity contribution is 0.0785. The van der Waals surface area contributed by atoms with Crippen LogP contribution < -0.4 is 9.47 Å². The smallest absolute Gasteiger partial charge is 0.119 e. The maximum atomic E-state index is 9.57. The molecule has 0 saturated carbocycles. The monoisotopic (exact) mass is 688 g/mol. The molecule has 0 amide bonds. The molecule has 3 rings (SSSR count). The van der Waals surface area contributed by atoms with Crippen molar-refractivity contribution in [3.8, 4) is 35.2 Å². The van der Waals surface area contributed by atoms with Gasteiger partial charge in [0.25, 0.3) is 0 Å². The van der Waals surface area contributed by atoms with Crippen molar-refractivity contribution in [1.29, 1.82) is 0 Å². The molecule has 0 aliphatic carbocycles. The predicted octanol–water partition coefficient (Wildman–Crippen LogP) is 4.33. The Bertz CT molecular complexity index is 1480. The van der Waals surface area contributed by atoms with Crippen LogP contribution in [0, 0.1) is 23.7 Å².